The van der Waals surface area contributed by atoms with Gasteiger partial charge in [-0.25, -0.2) is 10.4 Å². The molecule has 2 aromatic carbocycles. The molecule has 0 aliphatic heterocycles. The Labute approximate surface area is 240 Å². The van der Waals surface area contributed by atoms with Crippen LogP contribution < -0.4 is 25.2 Å². The van der Waals surface area contributed by atoms with Gasteiger partial charge < -0.3 is 14.2 Å². The molecule has 0 atom stereocenters. The largest absolute Gasteiger partial charge is 0.493 e. The minimum Gasteiger partial charge on any atom is -0.493 e. The molecule has 1 aliphatic rings. The second-order valence-electron chi connectivity index (χ2n) is 9.27. The summed E-state index contributed by atoms with van der Waals surface area (Å²) in [5.74, 6) is 1.08. The van der Waals surface area contributed by atoms with E-state index in [9.17, 15) is 9.59 Å². The van der Waals surface area contributed by atoms with Crippen LogP contribution in [0.15, 0.2) is 51.5 Å². The lowest BCUT2D eigenvalue weighted by molar-refractivity contribution is -0.118. The Morgan fingerprint density at radius 1 is 1.07 bits per heavy atom. The lowest BCUT2D eigenvalue weighted by Crippen LogP contribution is -2.24. The number of aryl methyl sites for hydroxylation is 3. The Morgan fingerprint density at radius 2 is 1.82 bits per heavy atom. The number of hydrogen-bond acceptors (Lipinski definition) is 9. The number of aromatic nitrogens is 2. The minimum atomic E-state index is -0.337. The van der Waals surface area contributed by atoms with Crippen molar-refractivity contribution in [2.45, 2.75) is 37.8 Å². The molecule has 0 spiro atoms. The molecular formula is C29H30N4O5S2. The molecule has 0 bridgehead atoms. The number of thioether (sulfide) groups is 1. The van der Waals surface area contributed by atoms with Crippen molar-refractivity contribution in [1.82, 2.24) is 15.0 Å². The van der Waals surface area contributed by atoms with Crippen molar-refractivity contribution in [3.05, 3.63) is 68.3 Å². The Hall–Kier alpha value is -3.83. The van der Waals surface area contributed by atoms with E-state index >= 15 is 0 Å². The Balaban J connectivity index is 1.39. The molecule has 5 rings (SSSR count). The maximum Gasteiger partial charge on any atom is 0.267 e. The lowest BCUT2D eigenvalue weighted by atomic mass is 9.97. The predicted molar refractivity (Wildman–Crippen MR) is 159 cm³/mol. The monoisotopic (exact) mass is 578 g/mol. The molecule has 0 saturated heterocycles. The number of ether oxygens (including phenoxy) is 3. The number of nitrogens with one attached hydrogen (secondary N) is 1. The van der Waals surface area contributed by atoms with Gasteiger partial charge >= 0.3 is 0 Å². The minimum absolute atomic E-state index is 0.0231. The molecule has 0 unspecified atom stereocenters. The van der Waals surface area contributed by atoms with Crippen molar-refractivity contribution in [3.63, 3.8) is 0 Å². The van der Waals surface area contributed by atoms with Crippen LogP contribution in [-0.2, 0) is 17.6 Å². The molecule has 1 amide bonds. The maximum atomic E-state index is 13.9. The molecule has 0 saturated carbocycles. The standard InChI is InChI=1S/C29H30N4O5S2/c1-17-9-12-19(13-10-17)33-28(35)24-20-7-5-6-8-22(20)40-27(24)31-29(33)39-16-23(34)32-30-15-18-11-14-21(36-2)26(38-4)25(18)37-3/h9-15H,5-8,16H2,1-4H3,(H,32,34)/b30-15-. The van der Waals surface area contributed by atoms with Crippen LogP contribution in [0, 0.1) is 6.92 Å². The molecule has 40 heavy (non-hydrogen) atoms. The number of carbonyl (C=O) groups is 1. The Bertz CT molecular complexity index is 1640. The highest BCUT2D eigenvalue weighted by Gasteiger charge is 2.23. The van der Waals surface area contributed by atoms with Gasteiger partial charge in [0, 0.05) is 10.4 Å². The van der Waals surface area contributed by atoms with E-state index in [1.54, 1.807) is 35.1 Å². The molecule has 1 aliphatic carbocycles. The first-order valence-corrected chi connectivity index (χ1v) is 14.6. The number of rotatable bonds is 9. The molecule has 1 N–H and O–H groups in total. The molecule has 208 valence electrons. The van der Waals surface area contributed by atoms with Crippen LogP contribution >= 0.6 is 23.1 Å². The third-order valence-corrected chi connectivity index (χ3v) is 8.83. The Morgan fingerprint density at radius 3 is 2.55 bits per heavy atom. The summed E-state index contributed by atoms with van der Waals surface area (Å²) in [5.41, 5.74) is 6.02. The van der Waals surface area contributed by atoms with E-state index in [2.05, 4.69) is 10.5 Å². The van der Waals surface area contributed by atoms with E-state index in [1.165, 1.54) is 37.1 Å². The quantitative estimate of drug-likeness (QED) is 0.130. The van der Waals surface area contributed by atoms with Crippen LogP contribution in [-0.4, -0.2) is 48.8 Å². The topological polar surface area (TPSA) is 104 Å². The fourth-order valence-electron chi connectivity index (χ4n) is 4.77. The summed E-state index contributed by atoms with van der Waals surface area (Å²) < 4.78 is 17.8. The summed E-state index contributed by atoms with van der Waals surface area (Å²) in [7, 11) is 4.58. The fraction of sp³-hybridized carbons (Fsp3) is 0.310. The van der Waals surface area contributed by atoms with Crippen LogP contribution in [0.1, 0.15) is 34.4 Å². The van der Waals surface area contributed by atoms with Crippen molar-refractivity contribution in [2.24, 2.45) is 5.10 Å². The van der Waals surface area contributed by atoms with E-state index in [4.69, 9.17) is 19.2 Å². The molecule has 9 nitrogen and oxygen atoms in total. The van der Waals surface area contributed by atoms with Crippen LogP contribution in [0.4, 0.5) is 0 Å². The van der Waals surface area contributed by atoms with Gasteiger partial charge in [0.1, 0.15) is 4.83 Å². The van der Waals surface area contributed by atoms with Gasteiger partial charge in [-0.15, -0.1) is 11.3 Å². The van der Waals surface area contributed by atoms with E-state index in [0.29, 0.717) is 33.4 Å². The van der Waals surface area contributed by atoms with Gasteiger partial charge in [0.15, 0.2) is 16.7 Å². The second-order valence-corrected chi connectivity index (χ2v) is 11.3. The van der Waals surface area contributed by atoms with Crippen molar-refractivity contribution in [1.29, 1.82) is 0 Å². The van der Waals surface area contributed by atoms with Crippen molar-refractivity contribution in [3.8, 4) is 22.9 Å². The number of benzene rings is 2. The SMILES string of the molecule is COc1ccc(/C=N\NC(=O)CSc2nc3sc4c(c3c(=O)n2-c2ccc(C)cc2)CCCC4)c(OC)c1OC. The number of fused-ring (bicyclic) bond motifs is 3. The van der Waals surface area contributed by atoms with Gasteiger partial charge in [-0.1, -0.05) is 29.5 Å². The van der Waals surface area contributed by atoms with Gasteiger partial charge in [0.25, 0.3) is 11.5 Å². The van der Waals surface area contributed by atoms with E-state index in [1.807, 2.05) is 31.2 Å². The molecule has 0 radical (unpaired) electrons. The van der Waals surface area contributed by atoms with E-state index < -0.39 is 0 Å². The summed E-state index contributed by atoms with van der Waals surface area (Å²) in [6, 6.07) is 11.2. The van der Waals surface area contributed by atoms with E-state index in [0.717, 1.165) is 47.3 Å². The normalized spacial score (nSPS) is 12.9. The van der Waals surface area contributed by atoms with Gasteiger partial charge in [-0.3, -0.25) is 14.2 Å². The maximum absolute atomic E-state index is 13.9. The molecule has 11 heteroatoms. The van der Waals surface area contributed by atoms with Gasteiger partial charge in [0.2, 0.25) is 5.75 Å². The fourth-order valence-corrected chi connectivity index (χ4v) is 6.87. The second kappa shape index (κ2) is 12.1. The third kappa shape index (κ3) is 5.44. The molecule has 2 aromatic heterocycles. The molecular weight excluding hydrogens is 548 g/mol. The van der Waals surface area contributed by atoms with Crippen LogP contribution in [0.3, 0.4) is 0 Å². The third-order valence-electron chi connectivity index (χ3n) is 6.71. The predicted octanol–water partition coefficient (Wildman–Crippen LogP) is 4.90. The number of methoxy groups -OCH3 is 3. The lowest BCUT2D eigenvalue weighted by Gasteiger charge is -2.14. The van der Waals surface area contributed by atoms with Gasteiger partial charge in [0.05, 0.1) is 44.4 Å². The van der Waals surface area contributed by atoms with Crippen molar-refractivity contribution < 1.29 is 19.0 Å². The summed E-state index contributed by atoms with van der Waals surface area (Å²) in [5, 5.41) is 5.28. The number of nitrogens with zero attached hydrogens (tertiary/aromatic N) is 3. The zero-order valence-corrected chi connectivity index (χ0v) is 24.4. The smallest absolute Gasteiger partial charge is 0.267 e. The Kier molecular flexibility index (Phi) is 8.41. The number of hydrazone groups is 1. The van der Waals surface area contributed by atoms with E-state index in [-0.39, 0.29) is 17.2 Å². The van der Waals surface area contributed by atoms with Crippen LogP contribution in [0.25, 0.3) is 15.9 Å². The first-order valence-electron chi connectivity index (χ1n) is 12.8. The number of thiophene rings is 1. The average molecular weight is 579 g/mol. The molecule has 2 heterocycles. The van der Waals surface area contributed by atoms with Crippen LogP contribution in [0.5, 0.6) is 17.2 Å². The summed E-state index contributed by atoms with van der Waals surface area (Å²) >= 11 is 2.80. The van der Waals surface area contributed by atoms with Crippen LogP contribution in [0.2, 0.25) is 0 Å². The highest BCUT2D eigenvalue weighted by atomic mass is 32.2. The highest BCUT2D eigenvalue weighted by molar-refractivity contribution is 7.99. The molecule has 4 aromatic rings. The van der Waals surface area contributed by atoms with Crippen molar-refractivity contribution >= 4 is 45.4 Å². The average Bonchev–Trinajstić information content (AvgIpc) is 3.35. The van der Waals surface area contributed by atoms with Gasteiger partial charge in [-0.2, -0.15) is 5.10 Å². The summed E-state index contributed by atoms with van der Waals surface area (Å²) in [4.78, 5) is 33.5. The number of amides is 1. The zero-order valence-electron chi connectivity index (χ0n) is 22.8. The summed E-state index contributed by atoms with van der Waals surface area (Å²) in [6.45, 7) is 2.00. The molecule has 0 fully saturated rings. The first kappa shape index (κ1) is 27.7. The van der Waals surface area contributed by atoms with Gasteiger partial charge in [-0.05, 0) is 62.4 Å². The number of hydrogen-bond donors (Lipinski definition) is 1. The highest BCUT2D eigenvalue weighted by Crippen LogP contribution is 2.39. The summed E-state index contributed by atoms with van der Waals surface area (Å²) in [6.07, 6.45) is 5.57. The first-order chi connectivity index (χ1) is 19.4. The zero-order chi connectivity index (χ0) is 28.2. The van der Waals surface area contributed by atoms with Crippen molar-refractivity contribution in [2.75, 3.05) is 27.1 Å². The number of carbonyl (C=O) groups excluding carboxylic acids is 1.